The van der Waals surface area contributed by atoms with Crippen LogP contribution in [0, 0.1) is 5.41 Å². The Hall–Kier alpha value is -0.890. The minimum absolute atomic E-state index is 0.00887. The summed E-state index contributed by atoms with van der Waals surface area (Å²) in [5.74, 6) is 0. The maximum absolute atomic E-state index is 12.4. The lowest BCUT2D eigenvalue weighted by atomic mass is 9.83. The summed E-state index contributed by atoms with van der Waals surface area (Å²) in [7, 11) is 0. The number of benzene rings is 1. The molecule has 1 rings (SSSR count). The highest BCUT2D eigenvalue weighted by molar-refractivity contribution is 5.26. The van der Waals surface area contributed by atoms with E-state index in [1.807, 2.05) is 18.2 Å². The second-order valence-electron chi connectivity index (χ2n) is 4.72. The Morgan fingerprint density at radius 2 is 2.00 bits per heavy atom. The minimum Gasteiger partial charge on any atom is -0.324 e. The molecule has 0 bridgehead atoms. The van der Waals surface area contributed by atoms with E-state index in [2.05, 4.69) is 20.8 Å². The van der Waals surface area contributed by atoms with Crippen molar-refractivity contribution in [2.45, 2.75) is 33.5 Å². The fourth-order valence-corrected chi connectivity index (χ4v) is 1.37. The molecule has 0 fully saturated rings. The largest absolute Gasteiger partial charge is 0.324 e. The van der Waals surface area contributed by atoms with Gasteiger partial charge < -0.3 is 5.73 Å². The molecule has 0 aromatic heterocycles. The van der Waals surface area contributed by atoms with E-state index in [1.165, 1.54) is 0 Å². The predicted octanol–water partition coefficient (Wildman–Crippen LogP) is 3.20. The molecule has 0 aliphatic heterocycles. The van der Waals surface area contributed by atoms with Crippen LogP contribution in [0.4, 0.5) is 4.39 Å². The van der Waals surface area contributed by atoms with Gasteiger partial charge in [-0.1, -0.05) is 45.0 Å². The SMILES string of the molecule is CC(C)(C)C(N)c1cccc(CF)c1. The number of halogens is 1. The molecule has 78 valence electrons. The number of rotatable bonds is 2. The van der Waals surface area contributed by atoms with Gasteiger partial charge in [0.25, 0.3) is 0 Å². The highest BCUT2D eigenvalue weighted by Gasteiger charge is 2.22. The molecule has 1 aromatic rings. The number of hydrogen-bond donors (Lipinski definition) is 1. The van der Waals surface area contributed by atoms with E-state index < -0.39 is 6.67 Å². The second kappa shape index (κ2) is 4.09. The first-order valence-corrected chi connectivity index (χ1v) is 4.85. The molecule has 2 heteroatoms. The van der Waals surface area contributed by atoms with Crippen LogP contribution in [0.1, 0.15) is 37.9 Å². The van der Waals surface area contributed by atoms with Crippen molar-refractivity contribution in [2.75, 3.05) is 0 Å². The van der Waals surface area contributed by atoms with Crippen molar-refractivity contribution in [3.63, 3.8) is 0 Å². The standard InChI is InChI=1S/C12H18FN/c1-12(2,3)11(14)10-6-4-5-9(7-10)8-13/h4-7,11H,8,14H2,1-3H3. The zero-order valence-electron chi connectivity index (χ0n) is 9.05. The van der Waals surface area contributed by atoms with Crippen molar-refractivity contribution < 1.29 is 4.39 Å². The summed E-state index contributed by atoms with van der Waals surface area (Å²) >= 11 is 0. The van der Waals surface area contributed by atoms with Gasteiger partial charge >= 0.3 is 0 Å². The van der Waals surface area contributed by atoms with Gasteiger partial charge in [-0.15, -0.1) is 0 Å². The maximum atomic E-state index is 12.4. The number of hydrogen-bond acceptors (Lipinski definition) is 1. The molecule has 0 saturated carbocycles. The van der Waals surface area contributed by atoms with Crippen LogP contribution in [0.5, 0.6) is 0 Å². The molecule has 0 radical (unpaired) electrons. The number of alkyl halides is 1. The van der Waals surface area contributed by atoms with Gasteiger partial charge in [0.1, 0.15) is 6.67 Å². The summed E-state index contributed by atoms with van der Waals surface area (Å²) in [6.45, 7) is 5.82. The summed E-state index contributed by atoms with van der Waals surface area (Å²) < 4.78 is 12.4. The lowest BCUT2D eigenvalue weighted by Gasteiger charge is -2.27. The Morgan fingerprint density at radius 1 is 1.36 bits per heavy atom. The normalized spacial score (nSPS) is 14.1. The summed E-state index contributed by atoms with van der Waals surface area (Å²) in [6, 6.07) is 7.38. The van der Waals surface area contributed by atoms with Crippen LogP contribution in [0.3, 0.4) is 0 Å². The smallest absolute Gasteiger partial charge is 0.115 e. The van der Waals surface area contributed by atoms with Gasteiger partial charge in [0.2, 0.25) is 0 Å². The van der Waals surface area contributed by atoms with Crippen LogP contribution >= 0.6 is 0 Å². The molecule has 0 saturated heterocycles. The Morgan fingerprint density at radius 3 is 2.50 bits per heavy atom. The van der Waals surface area contributed by atoms with Crippen molar-refractivity contribution in [1.82, 2.24) is 0 Å². The molecular formula is C12H18FN. The molecule has 2 N–H and O–H groups in total. The van der Waals surface area contributed by atoms with Crippen molar-refractivity contribution in [2.24, 2.45) is 11.1 Å². The number of nitrogens with two attached hydrogens (primary N) is 1. The third-order valence-electron chi connectivity index (χ3n) is 2.40. The van der Waals surface area contributed by atoms with E-state index in [0.717, 1.165) is 5.56 Å². The molecule has 0 amide bonds. The summed E-state index contributed by atoms with van der Waals surface area (Å²) in [5, 5.41) is 0. The van der Waals surface area contributed by atoms with Crippen LogP contribution < -0.4 is 5.73 Å². The van der Waals surface area contributed by atoms with Gasteiger partial charge in [0, 0.05) is 6.04 Å². The predicted molar refractivity (Wildman–Crippen MR) is 57.6 cm³/mol. The van der Waals surface area contributed by atoms with Gasteiger partial charge in [-0.3, -0.25) is 0 Å². The second-order valence-corrected chi connectivity index (χ2v) is 4.72. The Kier molecular flexibility index (Phi) is 3.27. The third-order valence-corrected chi connectivity index (χ3v) is 2.40. The highest BCUT2D eigenvalue weighted by Crippen LogP contribution is 2.30. The van der Waals surface area contributed by atoms with Gasteiger partial charge in [-0.05, 0) is 16.5 Å². The van der Waals surface area contributed by atoms with Crippen molar-refractivity contribution in [3.05, 3.63) is 35.4 Å². The zero-order chi connectivity index (χ0) is 10.8. The van der Waals surface area contributed by atoms with Crippen LogP contribution in [-0.4, -0.2) is 0 Å². The van der Waals surface area contributed by atoms with E-state index in [0.29, 0.717) is 5.56 Å². The molecule has 0 heterocycles. The van der Waals surface area contributed by atoms with Gasteiger partial charge in [-0.25, -0.2) is 4.39 Å². The lowest BCUT2D eigenvalue weighted by molar-refractivity contribution is 0.326. The minimum atomic E-state index is -0.426. The first-order chi connectivity index (χ1) is 6.45. The average Bonchev–Trinajstić information content (AvgIpc) is 2.15. The first-order valence-electron chi connectivity index (χ1n) is 4.85. The molecule has 0 aliphatic rings. The van der Waals surface area contributed by atoms with E-state index in [1.54, 1.807) is 6.07 Å². The average molecular weight is 195 g/mol. The van der Waals surface area contributed by atoms with E-state index in [9.17, 15) is 4.39 Å². The molecular weight excluding hydrogens is 177 g/mol. The van der Waals surface area contributed by atoms with Crippen LogP contribution in [0.2, 0.25) is 0 Å². The quantitative estimate of drug-likeness (QED) is 0.770. The molecule has 1 unspecified atom stereocenters. The lowest BCUT2D eigenvalue weighted by Crippen LogP contribution is -2.26. The van der Waals surface area contributed by atoms with Crippen LogP contribution in [-0.2, 0) is 6.67 Å². The summed E-state index contributed by atoms with van der Waals surface area (Å²) in [5.41, 5.74) is 7.79. The zero-order valence-corrected chi connectivity index (χ0v) is 9.05. The Bertz CT molecular complexity index is 301. The van der Waals surface area contributed by atoms with E-state index in [4.69, 9.17) is 5.73 Å². The summed E-state index contributed by atoms with van der Waals surface area (Å²) in [6.07, 6.45) is 0. The van der Waals surface area contributed by atoms with Gasteiger partial charge in [0.15, 0.2) is 0 Å². The molecule has 0 spiro atoms. The summed E-state index contributed by atoms with van der Waals surface area (Å²) in [4.78, 5) is 0. The maximum Gasteiger partial charge on any atom is 0.115 e. The van der Waals surface area contributed by atoms with Crippen LogP contribution in [0.15, 0.2) is 24.3 Å². The van der Waals surface area contributed by atoms with E-state index >= 15 is 0 Å². The molecule has 0 aliphatic carbocycles. The highest BCUT2D eigenvalue weighted by atomic mass is 19.1. The monoisotopic (exact) mass is 195 g/mol. The van der Waals surface area contributed by atoms with Crippen molar-refractivity contribution in [3.8, 4) is 0 Å². The molecule has 14 heavy (non-hydrogen) atoms. The fraction of sp³-hybridized carbons (Fsp3) is 0.500. The Balaban J connectivity index is 2.95. The fourth-order valence-electron chi connectivity index (χ4n) is 1.37. The molecule has 1 aromatic carbocycles. The topological polar surface area (TPSA) is 26.0 Å². The van der Waals surface area contributed by atoms with Gasteiger partial charge in [-0.2, -0.15) is 0 Å². The molecule has 1 nitrogen and oxygen atoms in total. The first kappa shape index (κ1) is 11.2. The van der Waals surface area contributed by atoms with Gasteiger partial charge in [0.05, 0.1) is 0 Å². The molecule has 1 atom stereocenters. The van der Waals surface area contributed by atoms with E-state index in [-0.39, 0.29) is 11.5 Å². The van der Waals surface area contributed by atoms with Crippen LogP contribution in [0.25, 0.3) is 0 Å². The third kappa shape index (κ3) is 2.55. The van der Waals surface area contributed by atoms with Crippen molar-refractivity contribution in [1.29, 1.82) is 0 Å². The van der Waals surface area contributed by atoms with Crippen molar-refractivity contribution >= 4 is 0 Å². The Labute approximate surface area is 85.1 Å².